The summed E-state index contributed by atoms with van der Waals surface area (Å²) < 4.78 is 7.38. The van der Waals surface area contributed by atoms with E-state index in [-0.39, 0.29) is 17.4 Å². The lowest BCUT2D eigenvalue weighted by atomic mass is 10.1. The molecule has 1 aliphatic heterocycles. The van der Waals surface area contributed by atoms with Gasteiger partial charge in [-0.3, -0.25) is 19.5 Å². The molecule has 1 saturated heterocycles. The van der Waals surface area contributed by atoms with Gasteiger partial charge in [0.2, 0.25) is 5.91 Å². The average Bonchev–Trinajstić information content (AvgIpc) is 3.34. The molecule has 0 aromatic carbocycles. The Kier molecular flexibility index (Phi) is 8.12. The fourth-order valence-corrected chi connectivity index (χ4v) is 5.52. The third-order valence-electron chi connectivity index (χ3n) is 5.10. The molecule has 0 saturated carbocycles. The summed E-state index contributed by atoms with van der Waals surface area (Å²) >= 11 is 2.67. The summed E-state index contributed by atoms with van der Waals surface area (Å²) in [6.45, 7) is 9.60. The molecule has 0 aliphatic carbocycles. The molecule has 3 heterocycles. The van der Waals surface area contributed by atoms with Gasteiger partial charge in [-0.1, -0.05) is 32.5 Å². The second-order valence-electron chi connectivity index (χ2n) is 8.06. The second-order valence-corrected chi connectivity index (χ2v) is 10.2. The van der Waals surface area contributed by atoms with Gasteiger partial charge in [0.25, 0.3) is 5.56 Å². The Morgan fingerprint density at radius 2 is 2.16 bits per heavy atom. The molecule has 2 aromatic rings. The minimum atomic E-state index is -0.513. The third-order valence-corrected chi connectivity index (χ3v) is 7.12. The minimum Gasteiger partial charge on any atom is -0.376 e. The van der Waals surface area contributed by atoms with Crippen LogP contribution in [-0.2, 0) is 22.5 Å². The summed E-state index contributed by atoms with van der Waals surface area (Å²) in [5.74, 6) is -0.148. The quantitative estimate of drug-likeness (QED) is 0.458. The van der Waals surface area contributed by atoms with Crippen molar-refractivity contribution >= 4 is 45.3 Å². The first-order valence-electron chi connectivity index (χ1n) is 10.6. The molecule has 1 atom stereocenters. The number of thioether (sulfide) groups is 1. The van der Waals surface area contributed by atoms with Crippen molar-refractivity contribution in [2.45, 2.75) is 64.8 Å². The van der Waals surface area contributed by atoms with Gasteiger partial charge in [-0.2, -0.15) is 0 Å². The molecule has 2 aromatic heterocycles. The molecule has 1 unspecified atom stereocenters. The van der Waals surface area contributed by atoms with Crippen LogP contribution in [0.2, 0.25) is 0 Å². The van der Waals surface area contributed by atoms with Crippen LogP contribution in [0.15, 0.2) is 9.95 Å². The first-order valence-corrected chi connectivity index (χ1v) is 12.4. The molecule has 10 heteroatoms. The van der Waals surface area contributed by atoms with Gasteiger partial charge in [0.1, 0.15) is 4.83 Å². The van der Waals surface area contributed by atoms with Gasteiger partial charge in [-0.05, 0) is 37.7 Å². The number of hydrogen-bond donors (Lipinski definition) is 2. The largest absolute Gasteiger partial charge is 0.376 e. The predicted molar refractivity (Wildman–Crippen MR) is 124 cm³/mol. The summed E-state index contributed by atoms with van der Waals surface area (Å²) in [4.78, 5) is 44.0. The number of nitrogens with one attached hydrogen (secondary N) is 2. The first kappa shape index (κ1) is 23.7. The number of ether oxygens (including phenoxy) is 1. The number of hydrogen-bond acceptors (Lipinski definition) is 7. The van der Waals surface area contributed by atoms with E-state index in [0.717, 1.165) is 29.7 Å². The monoisotopic (exact) mass is 466 g/mol. The third kappa shape index (κ3) is 5.87. The molecule has 0 bridgehead atoms. The average molecular weight is 467 g/mol. The molecule has 3 rings (SSSR count). The molecule has 170 valence electrons. The number of imide groups is 1. The van der Waals surface area contributed by atoms with Gasteiger partial charge in [-0.15, -0.1) is 11.3 Å². The van der Waals surface area contributed by atoms with E-state index in [1.165, 1.54) is 23.1 Å². The van der Waals surface area contributed by atoms with Crippen molar-refractivity contribution in [3.63, 3.8) is 0 Å². The molecule has 8 nitrogen and oxygen atoms in total. The zero-order valence-corrected chi connectivity index (χ0v) is 20.1. The van der Waals surface area contributed by atoms with E-state index in [4.69, 9.17) is 9.72 Å². The summed E-state index contributed by atoms with van der Waals surface area (Å²) in [5.41, 5.74) is 0.953. The number of fused-ring (bicyclic) bond motifs is 1. The van der Waals surface area contributed by atoms with Crippen molar-refractivity contribution in [3.05, 3.63) is 20.8 Å². The highest BCUT2D eigenvalue weighted by Crippen LogP contribution is 2.30. The SMILES string of the molecule is CCc1c(C)sc2nc(SCC(=O)NC(=O)NCC(C)C)n(CC3CCCO3)c(=O)c12. The molecular formula is C21H30N4O4S2. The Labute approximate surface area is 190 Å². The zero-order valence-electron chi connectivity index (χ0n) is 18.4. The van der Waals surface area contributed by atoms with Crippen molar-refractivity contribution < 1.29 is 14.3 Å². The van der Waals surface area contributed by atoms with E-state index in [0.29, 0.717) is 41.0 Å². The van der Waals surface area contributed by atoms with Gasteiger partial charge < -0.3 is 10.1 Å². The lowest BCUT2D eigenvalue weighted by Crippen LogP contribution is -2.41. The van der Waals surface area contributed by atoms with Crippen LogP contribution in [0.25, 0.3) is 10.2 Å². The van der Waals surface area contributed by atoms with E-state index >= 15 is 0 Å². The van der Waals surface area contributed by atoms with E-state index in [9.17, 15) is 14.4 Å². The Morgan fingerprint density at radius 3 is 2.81 bits per heavy atom. The Balaban J connectivity index is 1.81. The highest BCUT2D eigenvalue weighted by atomic mass is 32.2. The maximum absolute atomic E-state index is 13.4. The topological polar surface area (TPSA) is 102 Å². The Morgan fingerprint density at radius 1 is 1.39 bits per heavy atom. The van der Waals surface area contributed by atoms with E-state index in [1.54, 1.807) is 4.57 Å². The van der Waals surface area contributed by atoms with Gasteiger partial charge in [0, 0.05) is 18.0 Å². The van der Waals surface area contributed by atoms with Crippen LogP contribution in [0, 0.1) is 12.8 Å². The van der Waals surface area contributed by atoms with Crippen LogP contribution in [0.4, 0.5) is 4.79 Å². The summed E-state index contributed by atoms with van der Waals surface area (Å²) in [6.07, 6.45) is 2.61. The van der Waals surface area contributed by atoms with E-state index in [1.807, 2.05) is 27.7 Å². The van der Waals surface area contributed by atoms with E-state index < -0.39 is 11.9 Å². The van der Waals surface area contributed by atoms with Gasteiger partial charge in [0.05, 0.1) is 23.8 Å². The van der Waals surface area contributed by atoms with Crippen molar-refractivity contribution in [1.82, 2.24) is 20.2 Å². The molecule has 31 heavy (non-hydrogen) atoms. The standard InChI is InChI=1S/C21H30N4O4S2/c1-5-15-13(4)31-18-17(15)19(27)25(10-14-7-6-8-29-14)21(24-18)30-11-16(26)23-20(28)22-9-12(2)3/h12,14H,5-11H2,1-4H3,(H2,22,23,26,28). The fourth-order valence-electron chi connectivity index (χ4n) is 3.55. The number of carbonyl (C=O) groups is 2. The normalized spacial score (nSPS) is 16.2. The summed E-state index contributed by atoms with van der Waals surface area (Å²) in [5, 5.41) is 6.13. The van der Waals surface area contributed by atoms with Crippen LogP contribution in [0.3, 0.4) is 0 Å². The summed E-state index contributed by atoms with van der Waals surface area (Å²) in [7, 11) is 0. The van der Waals surface area contributed by atoms with Gasteiger partial charge >= 0.3 is 6.03 Å². The number of nitrogens with zero attached hydrogens (tertiary/aromatic N) is 2. The number of thiophene rings is 1. The fraction of sp³-hybridized carbons (Fsp3) is 0.619. The molecule has 3 amide bonds. The number of carbonyl (C=O) groups excluding carboxylic acids is 2. The Bertz CT molecular complexity index is 1010. The smallest absolute Gasteiger partial charge is 0.321 e. The van der Waals surface area contributed by atoms with Crippen molar-refractivity contribution in [2.24, 2.45) is 5.92 Å². The molecule has 1 fully saturated rings. The van der Waals surface area contributed by atoms with Crippen LogP contribution in [0.5, 0.6) is 0 Å². The number of aromatic nitrogens is 2. The van der Waals surface area contributed by atoms with E-state index in [2.05, 4.69) is 10.6 Å². The molecule has 0 radical (unpaired) electrons. The summed E-state index contributed by atoms with van der Waals surface area (Å²) in [6, 6.07) is -0.513. The van der Waals surface area contributed by atoms with Crippen LogP contribution in [0.1, 0.15) is 44.1 Å². The lowest BCUT2D eigenvalue weighted by molar-refractivity contribution is -0.117. The first-order chi connectivity index (χ1) is 14.8. The molecule has 0 spiro atoms. The second kappa shape index (κ2) is 10.6. The van der Waals surface area contributed by atoms with Gasteiger partial charge in [-0.25, -0.2) is 9.78 Å². The number of aryl methyl sites for hydroxylation is 2. The van der Waals surface area contributed by atoms with Crippen LogP contribution in [-0.4, -0.2) is 46.5 Å². The molecule has 1 aliphatic rings. The highest BCUT2D eigenvalue weighted by Gasteiger charge is 2.23. The maximum atomic E-state index is 13.4. The van der Waals surface area contributed by atoms with Crippen LogP contribution < -0.4 is 16.2 Å². The number of amides is 3. The maximum Gasteiger partial charge on any atom is 0.321 e. The molecular weight excluding hydrogens is 436 g/mol. The minimum absolute atomic E-state index is 0.0104. The van der Waals surface area contributed by atoms with Crippen molar-refractivity contribution in [2.75, 3.05) is 18.9 Å². The predicted octanol–water partition coefficient (Wildman–Crippen LogP) is 3.08. The number of urea groups is 1. The highest BCUT2D eigenvalue weighted by molar-refractivity contribution is 7.99. The van der Waals surface area contributed by atoms with Crippen molar-refractivity contribution in [3.8, 4) is 0 Å². The lowest BCUT2D eigenvalue weighted by Gasteiger charge is -2.16. The Hall–Kier alpha value is -1.91. The zero-order chi connectivity index (χ0) is 22.5. The molecule has 2 N–H and O–H groups in total. The van der Waals surface area contributed by atoms with Gasteiger partial charge in [0.15, 0.2) is 5.16 Å². The number of rotatable bonds is 8. The van der Waals surface area contributed by atoms with Crippen molar-refractivity contribution in [1.29, 1.82) is 0 Å². The van der Waals surface area contributed by atoms with Crippen LogP contribution >= 0.6 is 23.1 Å².